The monoisotopic (exact) mass is 1170 g/mol. The Morgan fingerprint density at radius 2 is 1.06 bits per heavy atom. The first-order valence-electron chi connectivity index (χ1n) is 25.9. The minimum absolute atomic E-state index is 0. The van der Waals surface area contributed by atoms with Crippen molar-refractivity contribution in [2.75, 3.05) is 0 Å². The van der Waals surface area contributed by atoms with Gasteiger partial charge in [0.2, 0.25) is 0 Å². The molecule has 0 fully saturated rings. The number of aromatic nitrogens is 5. The van der Waals surface area contributed by atoms with E-state index in [2.05, 4.69) is 264 Å². The number of hydrogen-bond acceptors (Lipinski definition) is 2. The molecule has 0 aliphatic carbocycles. The van der Waals surface area contributed by atoms with Crippen molar-refractivity contribution in [1.82, 2.24) is 18.7 Å². The quantitative estimate of drug-likeness (QED) is 0.128. The van der Waals surface area contributed by atoms with Crippen LogP contribution in [0.25, 0.3) is 122 Å². The number of benzene rings is 10. The second-order valence-corrected chi connectivity index (χ2v) is 20.8. The zero-order valence-corrected chi connectivity index (χ0v) is 44.7. The van der Waals surface area contributed by atoms with Gasteiger partial charge in [-0.3, -0.25) is 4.57 Å². The molecule has 15 bridgehead atoms. The molecular weight excluding hydrogens is 1120 g/mol. The van der Waals surface area contributed by atoms with Crippen LogP contribution in [0.15, 0.2) is 231 Å². The van der Waals surface area contributed by atoms with E-state index >= 15 is 0 Å². The standard InChI is InChI=1S/C70H47N5O.Pt/c1-70(2,3)49-36-37-71-68(41-49)75-64-35-31-48-40-61(64)59-33-32-53(43-67(59)75)76-52-21-14-19-50(42-52)72-44-73(66-29-12-11-28-65(66)72)69-56(45-16-5-4-6-17-45)25-15-26-57(69)46-18-13-20-51(38-46)74-62-27-10-9-24-58(62)60-39-47(30-34-63(60)74)54-22-7-8-23-55(48)54;/h4-41H,1-3H3;/q-2;. The summed E-state index contributed by atoms with van der Waals surface area (Å²) in [6.45, 7) is 6.72. The number of fused-ring (bicyclic) bond motifs is 2. The van der Waals surface area contributed by atoms with Gasteiger partial charge in [-0.05, 0) is 115 Å². The number of nitrogens with zero attached hydrogens (tertiary/aromatic N) is 5. The fourth-order valence-corrected chi connectivity index (χ4v) is 11.6. The van der Waals surface area contributed by atoms with Gasteiger partial charge in [-0.1, -0.05) is 172 Å². The summed E-state index contributed by atoms with van der Waals surface area (Å²) in [5, 5.41) is 4.54. The van der Waals surface area contributed by atoms with Crippen molar-refractivity contribution in [1.29, 1.82) is 0 Å². The molecule has 77 heavy (non-hydrogen) atoms. The van der Waals surface area contributed by atoms with Crippen molar-refractivity contribution in [3.8, 4) is 78.9 Å². The molecule has 0 amide bonds. The van der Waals surface area contributed by atoms with Crippen LogP contribution < -0.4 is 9.30 Å². The molecule has 0 atom stereocenters. The van der Waals surface area contributed by atoms with Crippen molar-refractivity contribution in [2.45, 2.75) is 26.2 Å². The Morgan fingerprint density at radius 3 is 1.86 bits per heavy atom. The molecule has 0 saturated carbocycles. The summed E-state index contributed by atoms with van der Waals surface area (Å²) in [6.07, 6.45) is 5.77. The maximum atomic E-state index is 6.81. The minimum Gasteiger partial charge on any atom is -0.510 e. The zero-order chi connectivity index (χ0) is 50.6. The fourth-order valence-electron chi connectivity index (χ4n) is 11.6. The van der Waals surface area contributed by atoms with Crippen molar-refractivity contribution in [3.05, 3.63) is 255 Å². The van der Waals surface area contributed by atoms with Gasteiger partial charge in [-0.15, -0.1) is 29.7 Å². The summed E-state index contributed by atoms with van der Waals surface area (Å²) in [4.78, 5) is 5.02. The number of imidazole rings is 1. The molecule has 0 spiro atoms. The molecule has 10 aromatic carbocycles. The Labute approximate surface area is 460 Å². The van der Waals surface area contributed by atoms with Gasteiger partial charge in [0, 0.05) is 60.7 Å². The molecule has 0 N–H and O–H groups in total. The molecule has 14 aromatic rings. The molecule has 370 valence electrons. The maximum Gasteiger partial charge on any atom is 0.268 e. The van der Waals surface area contributed by atoms with Crippen LogP contribution >= 0.6 is 0 Å². The molecule has 6 nitrogen and oxygen atoms in total. The number of ether oxygens (including phenoxy) is 1. The van der Waals surface area contributed by atoms with Gasteiger partial charge in [-0.25, -0.2) is 4.98 Å². The molecule has 4 aromatic heterocycles. The summed E-state index contributed by atoms with van der Waals surface area (Å²) in [5.41, 5.74) is 19.1. The molecule has 7 heteroatoms. The first-order chi connectivity index (χ1) is 37.3. The van der Waals surface area contributed by atoms with E-state index in [1.165, 1.54) is 16.3 Å². The molecule has 0 radical (unpaired) electrons. The van der Waals surface area contributed by atoms with E-state index in [9.17, 15) is 0 Å². The topological polar surface area (TPSA) is 40.8 Å². The molecule has 4 aliphatic rings. The van der Waals surface area contributed by atoms with Crippen molar-refractivity contribution < 1.29 is 30.4 Å². The molecule has 18 rings (SSSR count). The van der Waals surface area contributed by atoms with Crippen molar-refractivity contribution in [2.24, 2.45) is 0 Å². The van der Waals surface area contributed by atoms with E-state index in [0.29, 0.717) is 11.5 Å². The van der Waals surface area contributed by atoms with Crippen LogP contribution in [0.2, 0.25) is 0 Å². The Morgan fingerprint density at radius 1 is 0.455 bits per heavy atom. The molecule has 4 aliphatic heterocycles. The van der Waals surface area contributed by atoms with E-state index in [-0.39, 0.29) is 26.5 Å². The smallest absolute Gasteiger partial charge is 0.268 e. The molecule has 0 unspecified atom stereocenters. The number of hydrogen-bond donors (Lipinski definition) is 0. The normalized spacial score (nSPS) is 12.1. The number of rotatable bonds is 2. The summed E-state index contributed by atoms with van der Waals surface area (Å²) >= 11 is 0. The van der Waals surface area contributed by atoms with Crippen molar-refractivity contribution >= 4 is 54.6 Å². The van der Waals surface area contributed by atoms with Crippen LogP contribution in [-0.2, 0) is 26.5 Å². The van der Waals surface area contributed by atoms with Crippen LogP contribution in [0, 0.1) is 18.5 Å². The summed E-state index contributed by atoms with van der Waals surface area (Å²) < 4.78 is 15.8. The van der Waals surface area contributed by atoms with Gasteiger partial charge >= 0.3 is 0 Å². The third-order valence-electron chi connectivity index (χ3n) is 15.2. The molecule has 0 saturated heterocycles. The van der Waals surface area contributed by atoms with Gasteiger partial charge in [0.05, 0.1) is 27.8 Å². The molecule has 8 heterocycles. The summed E-state index contributed by atoms with van der Waals surface area (Å²) in [6, 6.07) is 88.0. The fraction of sp³-hybridized carbons (Fsp3) is 0.0571. The van der Waals surface area contributed by atoms with E-state index in [1.807, 2.05) is 24.4 Å². The van der Waals surface area contributed by atoms with E-state index in [4.69, 9.17) is 9.72 Å². The van der Waals surface area contributed by atoms with Crippen LogP contribution in [0.3, 0.4) is 0 Å². The largest absolute Gasteiger partial charge is 0.510 e. The van der Waals surface area contributed by atoms with E-state index < -0.39 is 0 Å². The van der Waals surface area contributed by atoms with Crippen LogP contribution in [0.4, 0.5) is 0 Å². The van der Waals surface area contributed by atoms with Crippen LogP contribution in [-0.4, -0.2) is 18.7 Å². The summed E-state index contributed by atoms with van der Waals surface area (Å²) in [7, 11) is 0. The third kappa shape index (κ3) is 7.57. The average molecular weight is 1170 g/mol. The Balaban J connectivity index is 0.00000540. The van der Waals surface area contributed by atoms with Gasteiger partial charge in [0.25, 0.3) is 6.33 Å². The molecular formula is C70H47N5OPt-2. The SMILES string of the molecule is CC(C)(C)c1ccnc(-n2c3[c-]c4ccc3c3cc(ccc32)-c2ccccc2-c2ccc3c(c2)c2ccccc2n3-c2cccc(c2)-c2cccc(-c3ccccc3)c2-[n+]2[c-]n(c3ccccc32)-c2[c-]c(ccc2)O4)c1.[Pt]. The van der Waals surface area contributed by atoms with Crippen LogP contribution in [0.5, 0.6) is 11.5 Å². The maximum absolute atomic E-state index is 6.81. The van der Waals surface area contributed by atoms with E-state index in [1.54, 1.807) is 0 Å². The summed E-state index contributed by atoms with van der Waals surface area (Å²) in [5.74, 6) is 1.95. The van der Waals surface area contributed by atoms with Crippen LogP contribution in [0.1, 0.15) is 26.3 Å². The Kier molecular flexibility index (Phi) is 10.9. The average Bonchev–Trinajstić information content (AvgIpc) is 4.15. The number of para-hydroxylation sites is 4. The first-order valence-corrected chi connectivity index (χ1v) is 25.9. The first kappa shape index (κ1) is 46.4. The Hall–Kier alpha value is -9.09. The van der Waals surface area contributed by atoms with Gasteiger partial charge in [0.1, 0.15) is 5.82 Å². The van der Waals surface area contributed by atoms with Gasteiger partial charge in [-0.2, -0.15) is 18.2 Å². The van der Waals surface area contributed by atoms with Gasteiger partial charge in [0.15, 0.2) is 0 Å². The van der Waals surface area contributed by atoms with E-state index in [0.717, 1.165) is 111 Å². The zero-order valence-electron chi connectivity index (χ0n) is 42.4. The van der Waals surface area contributed by atoms with Gasteiger partial charge < -0.3 is 18.4 Å². The predicted molar refractivity (Wildman–Crippen MR) is 308 cm³/mol. The van der Waals surface area contributed by atoms with Crippen molar-refractivity contribution in [3.63, 3.8) is 0 Å². The second kappa shape index (κ2) is 18.0. The third-order valence-corrected chi connectivity index (χ3v) is 15.2. The minimum atomic E-state index is -0.0829. The second-order valence-electron chi connectivity index (χ2n) is 20.8. The predicted octanol–water partition coefficient (Wildman–Crippen LogP) is 17.0. The Bertz CT molecular complexity index is 4670. The number of pyridine rings is 1.